The summed E-state index contributed by atoms with van der Waals surface area (Å²) in [5, 5.41) is 0. The molecule has 0 spiro atoms. The van der Waals surface area contributed by atoms with Gasteiger partial charge in [0.1, 0.15) is 0 Å². The molecule has 0 unspecified atom stereocenters. The molecule has 0 aliphatic carbocycles. The summed E-state index contributed by atoms with van der Waals surface area (Å²) in [5.74, 6) is 0. The maximum Gasteiger partial charge on any atom is 0 e. The number of rotatable bonds is 0. The molecular weight excluding hydrogens is 255 g/mol. The van der Waals surface area contributed by atoms with Gasteiger partial charge in [-0.3, -0.25) is 0 Å². The normalized spacial score (nSPS) is 8.39. The van der Waals surface area contributed by atoms with Crippen molar-refractivity contribution in [1.82, 2.24) is 0 Å². The second-order valence-electron chi connectivity index (χ2n) is 4.09. The zero-order chi connectivity index (χ0) is 13.4. The predicted octanol–water partition coefficient (Wildman–Crippen LogP) is 5.19. The van der Waals surface area contributed by atoms with Gasteiger partial charge in [-0.25, -0.2) is 12.1 Å². The Labute approximate surface area is 125 Å². The molecular formula is C17H25V-3. The van der Waals surface area contributed by atoms with E-state index in [-0.39, 0.29) is 18.6 Å². The largest absolute Gasteiger partial charge is 0.346 e. The van der Waals surface area contributed by atoms with Crippen LogP contribution in [0.4, 0.5) is 0 Å². The molecule has 2 aromatic carbocycles. The molecule has 0 amide bonds. The van der Waals surface area contributed by atoms with Crippen LogP contribution in [0.15, 0.2) is 30.3 Å². The van der Waals surface area contributed by atoms with Crippen LogP contribution in [0.25, 0.3) is 0 Å². The van der Waals surface area contributed by atoms with Gasteiger partial charge in [0.05, 0.1) is 0 Å². The van der Waals surface area contributed by atoms with Gasteiger partial charge < -0.3 is 6.92 Å². The second-order valence-corrected chi connectivity index (χ2v) is 4.09. The van der Waals surface area contributed by atoms with Crippen molar-refractivity contribution in [2.45, 2.75) is 41.5 Å². The molecule has 0 fully saturated rings. The van der Waals surface area contributed by atoms with Crippen LogP contribution in [-0.2, 0) is 18.6 Å². The van der Waals surface area contributed by atoms with E-state index in [1.165, 1.54) is 27.8 Å². The molecule has 101 valence electrons. The summed E-state index contributed by atoms with van der Waals surface area (Å²) < 4.78 is 0. The summed E-state index contributed by atoms with van der Waals surface area (Å²) in [4.78, 5) is 0. The molecule has 0 aliphatic rings. The van der Waals surface area contributed by atoms with E-state index in [1.54, 1.807) is 6.92 Å². The van der Waals surface area contributed by atoms with E-state index in [2.05, 4.69) is 41.5 Å². The molecule has 1 radical (unpaired) electrons. The first-order chi connectivity index (χ1) is 8.05. The first-order valence-electron chi connectivity index (χ1n) is 6.12. The van der Waals surface area contributed by atoms with Gasteiger partial charge in [0, 0.05) is 18.6 Å². The Bertz CT molecular complexity index is 308. The minimum absolute atomic E-state index is 0. The SMILES string of the molecule is Cc1c(C)c(C)[c-](C)c1C.[CH2-]C.[V].c1cc[cH-]c1. The van der Waals surface area contributed by atoms with Crippen molar-refractivity contribution < 1.29 is 18.6 Å². The summed E-state index contributed by atoms with van der Waals surface area (Å²) in [6.45, 7) is 16.0. The van der Waals surface area contributed by atoms with E-state index in [0.29, 0.717) is 0 Å². The van der Waals surface area contributed by atoms with Crippen molar-refractivity contribution in [1.29, 1.82) is 0 Å². The molecule has 2 aromatic rings. The molecule has 0 aromatic heterocycles. The van der Waals surface area contributed by atoms with Crippen LogP contribution in [0.5, 0.6) is 0 Å². The van der Waals surface area contributed by atoms with Gasteiger partial charge in [-0.15, -0.1) is 0 Å². The fraction of sp³-hybridized carbons (Fsp3) is 0.353. The van der Waals surface area contributed by atoms with Crippen LogP contribution in [0, 0.1) is 41.5 Å². The fourth-order valence-electron chi connectivity index (χ4n) is 1.73. The van der Waals surface area contributed by atoms with Crippen LogP contribution in [0.1, 0.15) is 34.7 Å². The van der Waals surface area contributed by atoms with Gasteiger partial charge in [0.15, 0.2) is 0 Å². The minimum Gasteiger partial charge on any atom is -0.346 e. The summed E-state index contributed by atoms with van der Waals surface area (Å²) in [6, 6.07) is 10.0. The monoisotopic (exact) mass is 280 g/mol. The molecule has 0 saturated heterocycles. The fourth-order valence-corrected chi connectivity index (χ4v) is 1.73. The van der Waals surface area contributed by atoms with Crippen molar-refractivity contribution in [2.24, 2.45) is 0 Å². The molecule has 0 bridgehead atoms. The Hall–Kier alpha value is -0.716. The maximum atomic E-state index is 3.25. The Balaban J connectivity index is 0. The first kappa shape index (κ1) is 19.6. The van der Waals surface area contributed by atoms with Gasteiger partial charge in [0.25, 0.3) is 0 Å². The third-order valence-electron chi connectivity index (χ3n) is 3.37. The minimum atomic E-state index is 0. The van der Waals surface area contributed by atoms with E-state index in [9.17, 15) is 0 Å². The van der Waals surface area contributed by atoms with E-state index >= 15 is 0 Å². The summed E-state index contributed by atoms with van der Waals surface area (Å²) in [5.41, 5.74) is 7.34. The average molecular weight is 280 g/mol. The molecule has 0 nitrogen and oxygen atoms in total. The average Bonchev–Trinajstić information content (AvgIpc) is 2.99. The van der Waals surface area contributed by atoms with Gasteiger partial charge in [0.2, 0.25) is 0 Å². The predicted molar refractivity (Wildman–Crippen MR) is 78.8 cm³/mol. The van der Waals surface area contributed by atoms with Crippen LogP contribution in [0.3, 0.4) is 0 Å². The Kier molecular flexibility index (Phi) is 11.2. The third kappa shape index (κ3) is 5.29. The second kappa shape index (κ2) is 10.2. The zero-order valence-electron chi connectivity index (χ0n) is 12.5. The van der Waals surface area contributed by atoms with Gasteiger partial charge in [-0.1, -0.05) is 34.6 Å². The Morgan fingerprint density at radius 1 is 0.889 bits per heavy atom. The molecule has 2 rings (SSSR count). The van der Waals surface area contributed by atoms with Gasteiger partial charge in [-0.05, 0) is 0 Å². The van der Waals surface area contributed by atoms with Gasteiger partial charge >= 0.3 is 0 Å². The zero-order valence-corrected chi connectivity index (χ0v) is 13.9. The first-order valence-corrected chi connectivity index (χ1v) is 6.12. The molecule has 0 saturated carbocycles. The van der Waals surface area contributed by atoms with Gasteiger partial charge in [-0.2, -0.15) is 52.9 Å². The van der Waals surface area contributed by atoms with E-state index in [0.717, 1.165) is 0 Å². The molecule has 0 heterocycles. The van der Waals surface area contributed by atoms with Crippen molar-refractivity contribution in [3.05, 3.63) is 65.1 Å². The quantitative estimate of drug-likeness (QED) is 0.582. The van der Waals surface area contributed by atoms with E-state index < -0.39 is 0 Å². The van der Waals surface area contributed by atoms with Crippen LogP contribution in [0.2, 0.25) is 0 Å². The molecule has 0 aliphatic heterocycles. The van der Waals surface area contributed by atoms with Crippen LogP contribution in [-0.4, -0.2) is 0 Å². The molecule has 0 N–H and O–H groups in total. The topological polar surface area (TPSA) is 0 Å². The summed E-state index contributed by atoms with van der Waals surface area (Å²) >= 11 is 0. The molecule has 0 atom stereocenters. The number of hydrogen-bond acceptors (Lipinski definition) is 0. The Morgan fingerprint density at radius 3 is 1.33 bits per heavy atom. The molecule has 1 heteroatoms. The van der Waals surface area contributed by atoms with Crippen molar-refractivity contribution >= 4 is 0 Å². The third-order valence-corrected chi connectivity index (χ3v) is 3.37. The van der Waals surface area contributed by atoms with Crippen molar-refractivity contribution in [2.75, 3.05) is 0 Å². The molecule has 18 heavy (non-hydrogen) atoms. The van der Waals surface area contributed by atoms with Crippen LogP contribution >= 0.6 is 0 Å². The summed E-state index contributed by atoms with van der Waals surface area (Å²) in [6.07, 6.45) is 0. The standard InChI is InChI=1S/C10H15.C5H5.C2H5.V/c1-6-7(2)9(4)10(5)8(6)3;1-2-4-5-3-1;1-2;/h1-5H3;1-5H;1H2,2H3;/q3*-1;. The van der Waals surface area contributed by atoms with Crippen molar-refractivity contribution in [3.8, 4) is 0 Å². The maximum absolute atomic E-state index is 3.25. The van der Waals surface area contributed by atoms with Crippen molar-refractivity contribution in [3.63, 3.8) is 0 Å². The van der Waals surface area contributed by atoms with E-state index in [1.807, 2.05) is 30.3 Å². The smallest absolute Gasteiger partial charge is 0 e. The number of hydrogen-bond donors (Lipinski definition) is 0. The van der Waals surface area contributed by atoms with E-state index in [4.69, 9.17) is 0 Å². The Morgan fingerprint density at radius 2 is 1.22 bits per heavy atom. The van der Waals surface area contributed by atoms with Crippen LogP contribution < -0.4 is 0 Å². The summed E-state index contributed by atoms with van der Waals surface area (Å²) in [7, 11) is 0.